The third-order valence-electron chi connectivity index (χ3n) is 2.64. The standard InChI is InChI=1S/C13H14FN3/c1-8-4-5-10(6-11(8)14)12-9(2)7-16-13(15-3)17-12/h4-7H,1-3H3,(H,15,16,17). The minimum atomic E-state index is -0.216. The highest BCUT2D eigenvalue weighted by atomic mass is 19.1. The van der Waals surface area contributed by atoms with Gasteiger partial charge in [-0.2, -0.15) is 0 Å². The zero-order valence-corrected chi connectivity index (χ0v) is 10.1. The highest BCUT2D eigenvalue weighted by molar-refractivity contribution is 5.64. The molecule has 0 aliphatic carbocycles. The van der Waals surface area contributed by atoms with Crippen LogP contribution in [-0.2, 0) is 0 Å². The van der Waals surface area contributed by atoms with Gasteiger partial charge in [-0.3, -0.25) is 0 Å². The van der Waals surface area contributed by atoms with Gasteiger partial charge >= 0.3 is 0 Å². The minimum absolute atomic E-state index is 0.216. The van der Waals surface area contributed by atoms with Gasteiger partial charge in [0.1, 0.15) is 5.82 Å². The van der Waals surface area contributed by atoms with Crippen molar-refractivity contribution in [1.82, 2.24) is 9.97 Å². The molecule has 1 aromatic carbocycles. The molecule has 3 nitrogen and oxygen atoms in total. The zero-order chi connectivity index (χ0) is 12.4. The number of hydrogen-bond acceptors (Lipinski definition) is 3. The predicted octanol–water partition coefficient (Wildman–Crippen LogP) is 2.94. The average molecular weight is 231 g/mol. The molecule has 0 spiro atoms. The summed E-state index contributed by atoms with van der Waals surface area (Å²) in [6, 6.07) is 5.13. The van der Waals surface area contributed by atoms with Crippen LogP contribution < -0.4 is 5.32 Å². The number of nitrogens with one attached hydrogen (secondary N) is 1. The molecule has 0 unspecified atom stereocenters. The molecule has 0 saturated carbocycles. The molecule has 2 aromatic rings. The third-order valence-corrected chi connectivity index (χ3v) is 2.64. The van der Waals surface area contributed by atoms with Gasteiger partial charge in [-0.25, -0.2) is 14.4 Å². The number of anilines is 1. The van der Waals surface area contributed by atoms with Crippen molar-refractivity contribution in [3.05, 3.63) is 41.3 Å². The number of aromatic nitrogens is 2. The summed E-state index contributed by atoms with van der Waals surface area (Å²) in [6.45, 7) is 3.65. The second-order valence-corrected chi connectivity index (χ2v) is 3.94. The summed E-state index contributed by atoms with van der Waals surface area (Å²) in [7, 11) is 1.75. The molecule has 1 aromatic heterocycles. The first kappa shape index (κ1) is 11.5. The molecule has 1 N–H and O–H groups in total. The van der Waals surface area contributed by atoms with E-state index in [2.05, 4.69) is 15.3 Å². The number of aryl methyl sites for hydroxylation is 2. The molecule has 0 bridgehead atoms. The largest absolute Gasteiger partial charge is 0.357 e. The normalized spacial score (nSPS) is 10.4. The Morgan fingerprint density at radius 2 is 1.94 bits per heavy atom. The van der Waals surface area contributed by atoms with E-state index in [9.17, 15) is 4.39 Å². The van der Waals surface area contributed by atoms with Crippen molar-refractivity contribution >= 4 is 5.95 Å². The van der Waals surface area contributed by atoms with Crippen LogP contribution in [0.25, 0.3) is 11.3 Å². The minimum Gasteiger partial charge on any atom is -0.357 e. The quantitative estimate of drug-likeness (QED) is 0.863. The van der Waals surface area contributed by atoms with Gasteiger partial charge in [-0.1, -0.05) is 12.1 Å². The van der Waals surface area contributed by atoms with E-state index >= 15 is 0 Å². The summed E-state index contributed by atoms with van der Waals surface area (Å²) in [5, 5.41) is 2.87. The lowest BCUT2D eigenvalue weighted by atomic mass is 10.1. The molecule has 0 aliphatic rings. The molecule has 0 aliphatic heterocycles. The first-order chi connectivity index (χ1) is 8.11. The van der Waals surface area contributed by atoms with Crippen molar-refractivity contribution in [2.24, 2.45) is 0 Å². The van der Waals surface area contributed by atoms with Crippen molar-refractivity contribution in [2.75, 3.05) is 12.4 Å². The SMILES string of the molecule is CNc1ncc(C)c(-c2ccc(C)c(F)c2)n1. The second kappa shape index (κ2) is 4.49. The van der Waals surface area contributed by atoms with E-state index in [0.29, 0.717) is 11.5 Å². The van der Waals surface area contributed by atoms with Crippen LogP contribution in [0.5, 0.6) is 0 Å². The number of hydrogen-bond donors (Lipinski definition) is 1. The molecule has 4 heteroatoms. The van der Waals surface area contributed by atoms with Crippen molar-refractivity contribution in [2.45, 2.75) is 13.8 Å². The fraction of sp³-hybridized carbons (Fsp3) is 0.231. The Hall–Kier alpha value is -1.97. The van der Waals surface area contributed by atoms with Crippen molar-refractivity contribution in [1.29, 1.82) is 0 Å². The van der Waals surface area contributed by atoms with Gasteiger partial charge in [-0.05, 0) is 31.0 Å². The van der Waals surface area contributed by atoms with Crippen LogP contribution in [0.15, 0.2) is 24.4 Å². The van der Waals surface area contributed by atoms with Crippen LogP contribution in [0.2, 0.25) is 0 Å². The molecule has 2 rings (SSSR count). The summed E-state index contributed by atoms with van der Waals surface area (Å²) in [6.07, 6.45) is 1.73. The summed E-state index contributed by atoms with van der Waals surface area (Å²) in [4.78, 5) is 8.45. The number of nitrogens with zero attached hydrogens (tertiary/aromatic N) is 2. The molecule has 88 valence electrons. The van der Waals surface area contributed by atoms with Gasteiger partial charge in [0.15, 0.2) is 0 Å². The lowest BCUT2D eigenvalue weighted by Gasteiger charge is -2.07. The maximum Gasteiger partial charge on any atom is 0.222 e. The molecule has 0 atom stereocenters. The molecule has 0 radical (unpaired) electrons. The van der Waals surface area contributed by atoms with Crippen molar-refractivity contribution in [3.8, 4) is 11.3 Å². The first-order valence-electron chi connectivity index (χ1n) is 5.39. The van der Waals surface area contributed by atoms with Crippen LogP contribution in [0.3, 0.4) is 0 Å². The fourth-order valence-electron chi connectivity index (χ4n) is 1.59. The number of rotatable bonds is 2. The first-order valence-corrected chi connectivity index (χ1v) is 5.39. The van der Waals surface area contributed by atoms with Gasteiger partial charge < -0.3 is 5.32 Å². The lowest BCUT2D eigenvalue weighted by Crippen LogP contribution is -1.99. The van der Waals surface area contributed by atoms with Crippen LogP contribution >= 0.6 is 0 Å². The average Bonchev–Trinajstić information content (AvgIpc) is 2.33. The van der Waals surface area contributed by atoms with Gasteiger partial charge in [0.2, 0.25) is 5.95 Å². The van der Waals surface area contributed by atoms with E-state index in [1.807, 2.05) is 13.0 Å². The fourth-order valence-corrected chi connectivity index (χ4v) is 1.59. The van der Waals surface area contributed by atoms with Gasteiger partial charge in [0, 0.05) is 18.8 Å². The van der Waals surface area contributed by atoms with Crippen LogP contribution in [-0.4, -0.2) is 17.0 Å². The number of halogens is 1. The smallest absolute Gasteiger partial charge is 0.222 e. The molecule has 17 heavy (non-hydrogen) atoms. The van der Waals surface area contributed by atoms with Crippen LogP contribution in [0, 0.1) is 19.7 Å². The van der Waals surface area contributed by atoms with Gasteiger partial charge in [-0.15, -0.1) is 0 Å². The molecule has 0 fully saturated rings. The van der Waals surface area contributed by atoms with E-state index in [1.54, 1.807) is 26.2 Å². The van der Waals surface area contributed by atoms with E-state index in [0.717, 1.165) is 16.8 Å². The molecule has 0 saturated heterocycles. The van der Waals surface area contributed by atoms with Crippen molar-refractivity contribution in [3.63, 3.8) is 0 Å². The van der Waals surface area contributed by atoms with Crippen molar-refractivity contribution < 1.29 is 4.39 Å². The predicted molar refractivity (Wildman–Crippen MR) is 66.4 cm³/mol. The molecular weight excluding hydrogens is 217 g/mol. The Morgan fingerprint density at radius 1 is 1.18 bits per heavy atom. The maximum atomic E-state index is 13.5. The third kappa shape index (κ3) is 2.25. The Labute approximate surface area is 99.7 Å². The highest BCUT2D eigenvalue weighted by Gasteiger charge is 2.08. The summed E-state index contributed by atoms with van der Waals surface area (Å²) >= 11 is 0. The lowest BCUT2D eigenvalue weighted by molar-refractivity contribution is 0.619. The van der Waals surface area contributed by atoms with E-state index in [4.69, 9.17) is 0 Å². The second-order valence-electron chi connectivity index (χ2n) is 3.94. The Balaban J connectivity index is 2.55. The van der Waals surface area contributed by atoms with E-state index in [-0.39, 0.29) is 5.82 Å². The molecule has 0 amide bonds. The Morgan fingerprint density at radius 3 is 2.59 bits per heavy atom. The van der Waals surface area contributed by atoms with Gasteiger partial charge in [0.25, 0.3) is 0 Å². The van der Waals surface area contributed by atoms with E-state index < -0.39 is 0 Å². The molecule has 1 heterocycles. The molecular formula is C13H14FN3. The Bertz CT molecular complexity index is 552. The number of benzene rings is 1. The maximum absolute atomic E-state index is 13.5. The summed E-state index contributed by atoms with van der Waals surface area (Å²) in [5.74, 6) is 0.318. The zero-order valence-electron chi connectivity index (χ0n) is 10.1. The van der Waals surface area contributed by atoms with Crippen LogP contribution in [0.1, 0.15) is 11.1 Å². The Kier molecular flexibility index (Phi) is 3.04. The van der Waals surface area contributed by atoms with E-state index in [1.165, 1.54) is 6.07 Å². The van der Waals surface area contributed by atoms with Gasteiger partial charge in [0.05, 0.1) is 5.69 Å². The summed E-state index contributed by atoms with van der Waals surface area (Å²) in [5.41, 5.74) is 3.08. The highest BCUT2D eigenvalue weighted by Crippen LogP contribution is 2.23. The monoisotopic (exact) mass is 231 g/mol. The topological polar surface area (TPSA) is 37.8 Å². The van der Waals surface area contributed by atoms with Crippen LogP contribution in [0.4, 0.5) is 10.3 Å². The summed E-state index contributed by atoms with van der Waals surface area (Å²) < 4.78 is 13.5.